The Morgan fingerprint density at radius 2 is 1.73 bits per heavy atom. The molecule has 5 nitrogen and oxygen atoms in total. The van der Waals surface area contributed by atoms with Gasteiger partial charge in [0.15, 0.2) is 5.96 Å². The van der Waals surface area contributed by atoms with E-state index in [0.29, 0.717) is 12.1 Å². The van der Waals surface area contributed by atoms with E-state index in [9.17, 15) is 0 Å². The van der Waals surface area contributed by atoms with Crippen LogP contribution in [-0.2, 0) is 13.1 Å². The van der Waals surface area contributed by atoms with Gasteiger partial charge in [-0.3, -0.25) is 0 Å². The molecule has 0 aromatic heterocycles. The maximum absolute atomic E-state index is 8.86. The van der Waals surface area contributed by atoms with Gasteiger partial charge in [-0.2, -0.15) is 5.26 Å². The van der Waals surface area contributed by atoms with Crippen molar-refractivity contribution < 1.29 is 4.74 Å². The quantitative estimate of drug-likeness (QED) is 0.402. The standard InChI is InChI=1S/C20H24N4O.HI/c1-4-22-20(23-14-17-7-5-16(13-21)6-8-17)24(2)15-18-9-11-19(25-3)12-10-18;/h5-12H,4,14-15H2,1-3H3,(H,22,23);1H. The molecule has 2 rings (SSSR count). The Morgan fingerprint density at radius 3 is 2.27 bits per heavy atom. The molecule has 2 aromatic carbocycles. The Kier molecular flexibility index (Phi) is 9.52. The van der Waals surface area contributed by atoms with Gasteiger partial charge in [0.1, 0.15) is 5.75 Å². The van der Waals surface area contributed by atoms with Crippen LogP contribution in [0.3, 0.4) is 0 Å². The number of nitrogens with zero attached hydrogens (tertiary/aromatic N) is 3. The largest absolute Gasteiger partial charge is 0.497 e. The topological polar surface area (TPSA) is 60.7 Å². The molecule has 138 valence electrons. The van der Waals surface area contributed by atoms with Crippen LogP contribution in [0.5, 0.6) is 5.75 Å². The van der Waals surface area contributed by atoms with E-state index >= 15 is 0 Å². The third-order valence-corrected chi connectivity index (χ3v) is 3.77. The lowest BCUT2D eigenvalue weighted by molar-refractivity contribution is 0.414. The summed E-state index contributed by atoms with van der Waals surface area (Å²) in [5, 5.41) is 12.2. The van der Waals surface area contributed by atoms with E-state index in [-0.39, 0.29) is 24.0 Å². The molecule has 0 unspecified atom stereocenters. The summed E-state index contributed by atoms with van der Waals surface area (Å²) in [7, 11) is 3.69. The predicted octanol–water partition coefficient (Wildman–Crippen LogP) is 3.78. The number of nitrogens with one attached hydrogen (secondary N) is 1. The number of hydrogen-bond acceptors (Lipinski definition) is 3. The van der Waals surface area contributed by atoms with Crippen molar-refractivity contribution in [2.75, 3.05) is 20.7 Å². The summed E-state index contributed by atoms with van der Waals surface area (Å²) in [6.07, 6.45) is 0. The van der Waals surface area contributed by atoms with Crippen LogP contribution in [-0.4, -0.2) is 31.6 Å². The van der Waals surface area contributed by atoms with Crippen molar-refractivity contribution in [3.05, 3.63) is 65.2 Å². The molecule has 0 atom stereocenters. The van der Waals surface area contributed by atoms with Crippen molar-refractivity contribution >= 4 is 29.9 Å². The first-order chi connectivity index (χ1) is 12.2. The highest BCUT2D eigenvalue weighted by atomic mass is 127. The first kappa shape index (κ1) is 21.8. The predicted molar refractivity (Wildman–Crippen MR) is 116 cm³/mol. The summed E-state index contributed by atoms with van der Waals surface area (Å²) < 4.78 is 5.19. The highest BCUT2D eigenvalue weighted by molar-refractivity contribution is 14.0. The molecule has 0 aliphatic carbocycles. The molecule has 0 spiro atoms. The number of hydrogen-bond donors (Lipinski definition) is 1. The number of rotatable bonds is 6. The molecule has 26 heavy (non-hydrogen) atoms. The highest BCUT2D eigenvalue weighted by Crippen LogP contribution is 2.13. The fourth-order valence-corrected chi connectivity index (χ4v) is 2.40. The fraction of sp³-hybridized carbons (Fsp3) is 0.300. The van der Waals surface area contributed by atoms with Gasteiger partial charge in [-0.25, -0.2) is 4.99 Å². The first-order valence-electron chi connectivity index (χ1n) is 8.27. The van der Waals surface area contributed by atoms with E-state index < -0.39 is 0 Å². The van der Waals surface area contributed by atoms with Crippen LogP contribution in [0.15, 0.2) is 53.5 Å². The number of methoxy groups -OCH3 is 1. The van der Waals surface area contributed by atoms with Crippen molar-refractivity contribution in [1.29, 1.82) is 5.26 Å². The van der Waals surface area contributed by atoms with Crippen LogP contribution in [0.4, 0.5) is 0 Å². The summed E-state index contributed by atoms with van der Waals surface area (Å²) in [5.41, 5.74) is 2.93. The van der Waals surface area contributed by atoms with Gasteiger partial charge in [-0.1, -0.05) is 24.3 Å². The summed E-state index contributed by atoms with van der Waals surface area (Å²) >= 11 is 0. The maximum atomic E-state index is 8.86. The maximum Gasteiger partial charge on any atom is 0.194 e. The minimum atomic E-state index is 0. The van der Waals surface area contributed by atoms with Gasteiger partial charge in [-0.05, 0) is 42.3 Å². The van der Waals surface area contributed by atoms with Crippen LogP contribution in [0.2, 0.25) is 0 Å². The molecule has 0 aliphatic rings. The average Bonchev–Trinajstić information content (AvgIpc) is 2.66. The fourth-order valence-electron chi connectivity index (χ4n) is 2.40. The normalized spacial score (nSPS) is 10.5. The molecule has 0 radical (unpaired) electrons. The van der Waals surface area contributed by atoms with Crippen molar-refractivity contribution in [1.82, 2.24) is 10.2 Å². The lowest BCUT2D eigenvalue weighted by atomic mass is 10.1. The van der Waals surface area contributed by atoms with E-state index in [1.54, 1.807) is 7.11 Å². The molecular formula is C20H25IN4O. The average molecular weight is 464 g/mol. The Bertz CT molecular complexity index is 736. The Labute approximate surface area is 172 Å². The molecule has 0 bridgehead atoms. The molecule has 0 aliphatic heterocycles. The van der Waals surface area contributed by atoms with E-state index in [0.717, 1.165) is 30.4 Å². The van der Waals surface area contributed by atoms with Gasteiger partial charge in [-0.15, -0.1) is 24.0 Å². The third kappa shape index (κ3) is 6.56. The number of guanidine groups is 1. The first-order valence-corrected chi connectivity index (χ1v) is 8.27. The van der Waals surface area contributed by atoms with Crippen LogP contribution < -0.4 is 10.1 Å². The minimum Gasteiger partial charge on any atom is -0.497 e. The summed E-state index contributed by atoms with van der Waals surface area (Å²) in [5.74, 6) is 1.70. The zero-order chi connectivity index (χ0) is 18.1. The molecule has 2 aromatic rings. The molecule has 0 saturated heterocycles. The molecule has 0 saturated carbocycles. The second-order valence-corrected chi connectivity index (χ2v) is 5.68. The lowest BCUT2D eigenvalue weighted by Gasteiger charge is -2.22. The second kappa shape index (κ2) is 11.4. The Balaban J connectivity index is 0.00000338. The third-order valence-electron chi connectivity index (χ3n) is 3.77. The zero-order valence-corrected chi connectivity index (χ0v) is 17.7. The van der Waals surface area contributed by atoms with Crippen LogP contribution >= 0.6 is 24.0 Å². The summed E-state index contributed by atoms with van der Waals surface area (Å²) in [6.45, 7) is 4.18. The smallest absolute Gasteiger partial charge is 0.194 e. The van der Waals surface area contributed by atoms with Gasteiger partial charge in [0.2, 0.25) is 0 Å². The number of halogens is 1. The van der Waals surface area contributed by atoms with Crippen LogP contribution in [0.1, 0.15) is 23.6 Å². The molecule has 6 heteroatoms. The molecule has 0 amide bonds. The zero-order valence-electron chi connectivity index (χ0n) is 15.4. The second-order valence-electron chi connectivity index (χ2n) is 5.68. The number of benzene rings is 2. The Hall–Kier alpha value is -2.27. The SMILES string of the molecule is CCNC(=NCc1ccc(C#N)cc1)N(C)Cc1ccc(OC)cc1.I. The number of aliphatic imine (C=N–C) groups is 1. The minimum absolute atomic E-state index is 0. The van der Waals surface area contributed by atoms with Crippen molar-refractivity contribution in [3.8, 4) is 11.8 Å². The van der Waals surface area contributed by atoms with E-state index in [1.165, 1.54) is 5.56 Å². The molecule has 0 fully saturated rings. The number of ether oxygens (including phenoxy) is 1. The van der Waals surface area contributed by atoms with Gasteiger partial charge >= 0.3 is 0 Å². The van der Waals surface area contributed by atoms with Gasteiger partial charge in [0.05, 0.1) is 25.3 Å². The Morgan fingerprint density at radius 1 is 1.12 bits per heavy atom. The van der Waals surface area contributed by atoms with Crippen molar-refractivity contribution in [2.24, 2.45) is 4.99 Å². The van der Waals surface area contributed by atoms with Crippen molar-refractivity contribution in [2.45, 2.75) is 20.0 Å². The summed E-state index contributed by atoms with van der Waals surface area (Å²) in [6, 6.07) is 17.7. The van der Waals surface area contributed by atoms with Crippen LogP contribution in [0, 0.1) is 11.3 Å². The van der Waals surface area contributed by atoms with Gasteiger partial charge in [0.25, 0.3) is 0 Å². The molecule has 0 heterocycles. The van der Waals surface area contributed by atoms with Gasteiger partial charge in [0, 0.05) is 20.1 Å². The monoisotopic (exact) mass is 464 g/mol. The number of nitriles is 1. The van der Waals surface area contributed by atoms with Gasteiger partial charge < -0.3 is 15.0 Å². The lowest BCUT2D eigenvalue weighted by Crippen LogP contribution is -2.38. The molecule has 1 N–H and O–H groups in total. The van der Waals surface area contributed by atoms with E-state index in [2.05, 4.69) is 35.3 Å². The summed E-state index contributed by atoms with van der Waals surface area (Å²) in [4.78, 5) is 6.79. The van der Waals surface area contributed by atoms with E-state index in [4.69, 9.17) is 15.0 Å². The van der Waals surface area contributed by atoms with Crippen molar-refractivity contribution in [3.63, 3.8) is 0 Å². The molecular weight excluding hydrogens is 439 g/mol. The highest BCUT2D eigenvalue weighted by Gasteiger charge is 2.07. The van der Waals surface area contributed by atoms with E-state index in [1.807, 2.05) is 43.4 Å². The van der Waals surface area contributed by atoms with Crippen LogP contribution in [0.25, 0.3) is 0 Å².